The molecule has 1 aromatic heterocycles. The first-order valence-electron chi connectivity index (χ1n) is 9.75. The van der Waals surface area contributed by atoms with Crippen LogP contribution in [-0.4, -0.2) is 48.5 Å². The van der Waals surface area contributed by atoms with Crippen LogP contribution in [0.2, 0.25) is 0 Å². The standard InChI is InChI=1S/C21H30N4OS/c1-6-24-9-11-25(12-10-24)18-8-7-17(13-15(18)4)23-20(26)19-16(5)22-21(27-19)14(2)3/h7-8,13-14H,6,9-12H2,1-5H3,(H,23,26). The van der Waals surface area contributed by atoms with Crippen LogP contribution in [0.15, 0.2) is 18.2 Å². The number of carbonyl (C=O) groups is 1. The molecular formula is C21H30N4OS. The molecule has 0 radical (unpaired) electrons. The summed E-state index contributed by atoms with van der Waals surface area (Å²) >= 11 is 1.49. The normalized spacial score (nSPS) is 15.4. The van der Waals surface area contributed by atoms with Gasteiger partial charge in [0.25, 0.3) is 5.91 Å². The number of piperazine rings is 1. The van der Waals surface area contributed by atoms with Gasteiger partial charge in [0.15, 0.2) is 0 Å². The van der Waals surface area contributed by atoms with E-state index in [1.54, 1.807) is 0 Å². The number of benzene rings is 1. The van der Waals surface area contributed by atoms with Gasteiger partial charge >= 0.3 is 0 Å². The fraction of sp³-hybridized carbons (Fsp3) is 0.524. The average Bonchev–Trinajstić information content (AvgIpc) is 3.04. The highest BCUT2D eigenvalue weighted by Gasteiger charge is 2.19. The lowest BCUT2D eigenvalue weighted by molar-refractivity contribution is 0.103. The van der Waals surface area contributed by atoms with Crippen molar-refractivity contribution >= 4 is 28.6 Å². The highest BCUT2D eigenvalue weighted by Crippen LogP contribution is 2.27. The molecule has 1 fully saturated rings. The fourth-order valence-corrected chi connectivity index (χ4v) is 4.42. The third kappa shape index (κ3) is 4.50. The summed E-state index contributed by atoms with van der Waals surface area (Å²) in [7, 11) is 0. The van der Waals surface area contributed by atoms with Gasteiger partial charge in [-0.2, -0.15) is 0 Å². The van der Waals surface area contributed by atoms with Crippen molar-refractivity contribution in [1.29, 1.82) is 0 Å². The summed E-state index contributed by atoms with van der Waals surface area (Å²) in [6, 6.07) is 6.21. The van der Waals surface area contributed by atoms with Crippen LogP contribution >= 0.6 is 11.3 Å². The van der Waals surface area contributed by atoms with E-state index in [-0.39, 0.29) is 5.91 Å². The minimum absolute atomic E-state index is 0.0689. The topological polar surface area (TPSA) is 48.5 Å². The highest BCUT2D eigenvalue weighted by atomic mass is 32.1. The molecule has 1 aromatic carbocycles. The van der Waals surface area contributed by atoms with Gasteiger partial charge in [-0.3, -0.25) is 4.79 Å². The third-order valence-electron chi connectivity index (χ3n) is 5.13. The molecule has 1 N–H and O–H groups in total. The second kappa shape index (κ2) is 8.40. The van der Waals surface area contributed by atoms with E-state index in [1.165, 1.54) is 22.6 Å². The lowest BCUT2D eigenvalue weighted by Gasteiger charge is -2.36. The summed E-state index contributed by atoms with van der Waals surface area (Å²) in [5.41, 5.74) is 4.11. The van der Waals surface area contributed by atoms with Crippen LogP contribution in [0.4, 0.5) is 11.4 Å². The smallest absolute Gasteiger partial charge is 0.267 e. The molecule has 27 heavy (non-hydrogen) atoms. The predicted molar refractivity (Wildman–Crippen MR) is 114 cm³/mol. The summed E-state index contributed by atoms with van der Waals surface area (Å²) in [6.07, 6.45) is 0. The van der Waals surface area contributed by atoms with Crippen LogP contribution in [0.1, 0.15) is 52.6 Å². The van der Waals surface area contributed by atoms with Crippen molar-refractivity contribution in [2.45, 2.75) is 40.5 Å². The van der Waals surface area contributed by atoms with Crippen LogP contribution in [0.3, 0.4) is 0 Å². The van der Waals surface area contributed by atoms with Crippen molar-refractivity contribution in [3.05, 3.63) is 39.3 Å². The van der Waals surface area contributed by atoms with Crippen molar-refractivity contribution in [3.8, 4) is 0 Å². The van der Waals surface area contributed by atoms with E-state index in [4.69, 9.17) is 0 Å². The Hall–Kier alpha value is -1.92. The Labute approximate surface area is 166 Å². The zero-order chi connectivity index (χ0) is 19.6. The molecule has 3 rings (SSSR count). The quantitative estimate of drug-likeness (QED) is 0.833. The molecule has 0 atom stereocenters. The Kier molecular flexibility index (Phi) is 6.17. The van der Waals surface area contributed by atoms with E-state index < -0.39 is 0 Å². The van der Waals surface area contributed by atoms with E-state index in [0.29, 0.717) is 10.8 Å². The maximum absolute atomic E-state index is 12.7. The Morgan fingerprint density at radius 2 is 1.93 bits per heavy atom. The first-order chi connectivity index (χ1) is 12.9. The van der Waals surface area contributed by atoms with E-state index in [0.717, 1.165) is 49.1 Å². The minimum Gasteiger partial charge on any atom is -0.369 e. The van der Waals surface area contributed by atoms with Gasteiger partial charge in [0.2, 0.25) is 0 Å². The summed E-state index contributed by atoms with van der Waals surface area (Å²) in [4.78, 5) is 22.8. The molecule has 1 aliphatic rings. The van der Waals surface area contributed by atoms with Gasteiger partial charge in [-0.1, -0.05) is 20.8 Å². The molecule has 2 aromatic rings. The molecule has 0 saturated carbocycles. The van der Waals surface area contributed by atoms with Gasteiger partial charge in [0, 0.05) is 43.5 Å². The van der Waals surface area contributed by atoms with Crippen molar-refractivity contribution in [1.82, 2.24) is 9.88 Å². The van der Waals surface area contributed by atoms with E-state index >= 15 is 0 Å². The van der Waals surface area contributed by atoms with E-state index in [2.05, 4.69) is 59.9 Å². The average molecular weight is 387 g/mol. The minimum atomic E-state index is -0.0689. The number of amides is 1. The number of thiazole rings is 1. The third-order valence-corrected chi connectivity index (χ3v) is 6.58. The summed E-state index contributed by atoms with van der Waals surface area (Å²) in [5, 5.41) is 4.05. The number of hydrogen-bond donors (Lipinski definition) is 1. The lowest BCUT2D eigenvalue weighted by Crippen LogP contribution is -2.46. The monoisotopic (exact) mass is 386 g/mol. The van der Waals surface area contributed by atoms with Crippen LogP contribution in [0, 0.1) is 13.8 Å². The first-order valence-corrected chi connectivity index (χ1v) is 10.6. The Morgan fingerprint density at radius 3 is 2.48 bits per heavy atom. The van der Waals surface area contributed by atoms with Crippen LogP contribution in [0.5, 0.6) is 0 Å². The number of anilines is 2. The number of aryl methyl sites for hydroxylation is 2. The van der Waals surface area contributed by atoms with E-state index in [9.17, 15) is 4.79 Å². The van der Waals surface area contributed by atoms with Crippen LogP contribution < -0.4 is 10.2 Å². The molecule has 6 heteroatoms. The Bertz CT molecular complexity index is 807. The molecule has 2 heterocycles. The molecule has 0 aliphatic carbocycles. The largest absolute Gasteiger partial charge is 0.369 e. The number of likely N-dealkylation sites (N-methyl/N-ethyl adjacent to an activating group) is 1. The lowest BCUT2D eigenvalue weighted by atomic mass is 10.1. The molecule has 0 unspecified atom stereocenters. The maximum Gasteiger partial charge on any atom is 0.267 e. The Morgan fingerprint density at radius 1 is 1.22 bits per heavy atom. The van der Waals surface area contributed by atoms with Gasteiger partial charge in [0.05, 0.1) is 10.7 Å². The highest BCUT2D eigenvalue weighted by molar-refractivity contribution is 7.14. The molecule has 0 spiro atoms. The first kappa shape index (κ1) is 19.8. The van der Waals surface area contributed by atoms with E-state index in [1.807, 2.05) is 13.0 Å². The number of carbonyl (C=O) groups excluding carboxylic acids is 1. The fourth-order valence-electron chi connectivity index (χ4n) is 3.46. The second-order valence-corrected chi connectivity index (χ2v) is 8.53. The SMILES string of the molecule is CCN1CCN(c2ccc(NC(=O)c3sc(C(C)C)nc3C)cc2C)CC1. The van der Waals surface area contributed by atoms with Gasteiger partial charge in [-0.25, -0.2) is 4.98 Å². The molecular weight excluding hydrogens is 356 g/mol. The second-order valence-electron chi connectivity index (χ2n) is 7.50. The maximum atomic E-state index is 12.7. The molecule has 1 saturated heterocycles. The van der Waals surface area contributed by atoms with Crippen LogP contribution in [0.25, 0.3) is 0 Å². The number of nitrogens with one attached hydrogen (secondary N) is 1. The van der Waals surface area contributed by atoms with Crippen molar-refractivity contribution in [2.75, 3.05) is 42.9 Å². The van der Waals surface area contributed by atoms with Gasteiger partial charge in [0.1, 0.15) is 4.88 Å². The summed E-state index contributed by atoms with van der Waals surface area (Å²) in [6.45, 7) is 15.9. The molecule has 5 nitrogen and oxygen atoms in total. The van der Waals surface area contributed by atoms with Gasteiger partial charge in [-0.15, -0.1) is 11.3 Å². The van der Waals surface area contributed by atoms with Gasteiger partial charge < -0.3 is 15.1 Å². The Balaban J connectivity index is 1.70. The zero-order valence-electron chi connectivity index (χ0n) is 17.0. The van der Waals surface area contributed by atoms with Crippen LogP contribution in [-0.2, 0) is 0 Å². The number of aromatic nitrogens is 1. The summed E-state index contributed by atoms with van der Waals surface area (Å²) < 4.78 is 0. The van der Waals surface area contributed by atoms with Crippen molar-refractivity contribution in [3.63, 3.8) is 0 Å². The molecule has 1 amide bonds. The van der Waals surface area contributed by atoms with Crippen molar-refractivity contribution < 1.29 is 4.79 Å². The van der Waals surface area contributed by atoms with Crippen molar-refractivity contribution in [2.24, 2.45) is 0 Å². The summed E-state index contributed by atoms with van der Waals surface area (Å²) in [5.74, 6) is 0.269. The molecule has 0 bridgehead atoms. The predicted octanol–water partition coefficient (Wildman–Crippen LogP) is 4.28. The molecule has 146 valence electrons. The number of nitrogens with zero attached hydrogens (tertiary/aromatic N) is 3. The number of hydrogen-bond acceptors (Lipinski definition) is 5. The zero-order valence-corrected chi connectivity index (χ0v) is 17.8. The van der Waals surface area contributed by atoms with Gasteiger partial charge in [-0.05, 0) is 44.2 Å². The molecule has 1 aliphatic heterocycles. The number of rotatable bonds is 5.